The van der Waals surface area contributed by atoms with Gasteiger partial charge in [-0.1, -0.05) is 6.92 Å². The highest BCUT2D eigenvalue weighted by molar-refractivity contribution is 5.75. The molecular weight excluding hydrogens is 190 g/mol. The minimum atomic E-state index is -1.30. The van der Waals surface area contributed by atoms with Crippen molar-refractivity contribution in [1.82, 2.24) is 5.32 Å². The fourth-order valence-corrected chi connectivity index (χ4v) is 1.19. The SMILES string of the molecule is CCC(=O)NC1OC[C@@H](O)[C@H](O)[C@@H]1O. The minimum Gasteiger partial charge on any atom is -0.388 e. The Morgan fingerprint density at radius 1 is 1.43 bits per heavy atom. The van der Waals surface area contributed by atoms with E-state index >= 15 is 0 Å². The summed E-state index contributed by atoms with van der Waals surface area (Å²) in [5, 5.41) is 30.2. The summed E-state index contributed by atoms with van der Waals surface area (Å²) in [4.78, 5) is 11.0. The van der Waals surface area contributed by atoms with Crippen LogP contribution in [0.15, 0.2) is 0 Å². The Bertz CT molecular complexity index is 210. The third kappa shape index (κ3) is 2.42. The first-order valence-corrected chi connectivity index (χ1v) is 4.51. The van der Waals surface area contributed by atoms with Gasteiger partial charge in [0.25, 0.3) is 0 Å². The van der Waals surface area contributed by atoms with Gasteiger partial charge in [0.15, 0.2) is 6.23 Å². The van der Waals surface area contributed by atoms with Crippen LogP contribution in [-0.2, 0) is 9.53 Å². The topological polar surface area (TPSA) is 99.0 Å². The van der Waals surface area contributed by atoms with E-state index in [-0.39, 0.29) is 18.9 Å². The molecular formula is C8H15NO5. The lowest BCUT2D eigenvalue weighted by molar-refractivity contribution is -0.196. The van der Waals surface area contributed by atoms with Crippen LogP contribution in [0.3, 0.4) is 0 Å². The lowest BCUT2D eigenvalue weighted by Crippen LogP contribution is -2.58. The molecule has 6 heteroatoms. The Morgan fingerprint density at radius 3 is 2.64 bits per heavy atom. The van der Waals surface area contributed by atoms with E-state index in [0.29, 0.717) is 0 Å². The highest BCUT2D eigenvalue weighted by atomic mass is 16.5. The third-order valence-electron chi connectivity index (χ3n) is 2.13. The van der Waals surface area contributed by atoms with E-state index in [1.165, 1.54) is 0 Å². The van der Waals surface area contributed by atoms with Crippen LogP contribution in [-0.4, -0.2) is 52.4 Å². The Morgan fingerprint density at radius 2 is 2.07 bits per heavy atom. The predicted octanol–water partition coefficient (Wildman–Crippen LogP) is -2.05. The summed E-state index contributed by atoms with van der Waals surface area (Å²) in [6, 6.07) is 0. The van der Waals surface area contributed by atoms with E-state index in [1.54, 1.807) is 6.92 Å². The summed E-state index contributed by atoms with van der Waals surface area (Å²) in [6.45, 7) is 1.56. The number of aliphatic hydroxyl groups excluding tert-OH is 3. The van der Waals surface area contributed by atoms with Gasteiger partial charge in [-0.15, -0.1) is 0 Å². The molecule has 82 valence electrons. The maximum Gasteiger partial charge on any atom is 0.221 e. The van der Waals surface area contributed by atoms with Crippen molar-refractivity contribution in [3.63, 3.8) is 0 Å². The molecule has 0 radical (unpaired) electrons. The van der Waals surface area contributed by atoms with Crippen molar-refractivity contribution in [2.24, 2.45) is 0 Å². The number of nitrogens with one attached hydrogen (secondary N) is 1. The van der Waals surface area contributed by atoms with Crippen LogP contribution in [0.2, 0.25) is 0 Å². The number of hydrogen-bond acceptors (Lipinski definition) is 5. The summed E-state index contributed by atoms with van der Waals surface area (Å²) >= 11 is 0. The summed E-state index contributed by atoms with van der Waals surface area (Å²) < 4.78 is 4.95. The Balaban J connectivity index is 2.50. The van der Waals surface area contributed by atoms with Crippen molar-refractivity contribution in [2.75, 3.05) is 6.61 Å². The normalized spacial score (nSPS) is 38.0. The second-order valence-electron chi connectivity index (χ2n) is 3.22. The lowest BCUT2D eigenvalue weighted by atomic mass is 10.0. The fraction of sp³-hybridized carbons (Fsp3) is 0.875. The molecule has 0 aromatic heterocycles. The third-order valence-corrected chi connectivity index (χ3v) is 2.13. The molecule has 1 rings (SSSR count). The average Bonchev–Trinajstić information content (AvgIpc) is 2.19. The average molecular weight is 205 g/mol. The largest absolute Gasteiger partial charge is 0.388 e. The van der Waals surface area contributed by atoms with E-state index in [9.17, 15) is 15.0 Å². The Hall–Kier alpha value is -0.690. The first-order chi connectivity index (χ1) is 6.56. The van der Waals surface area contributed by atoms with E-state index in [1.807, 2.05) is 0 Å². The van der Waals surface area contributed by atoms with Crippen LogP contribution < -0.4 is 5.32 Å². The quantitative estimate of drug-likeness (QED) is 0.416. The molecule has 0 aromatic rings. The van der Waals surface area contributed by atoms with Crippen LogP contribution in [0.4, 0.5) is 0 Å². The first-order valence-electron chi connectivity index (χ1n) is 4.51. The van der Waals surface area contributed by atoms with Gasteiger partial charge in [0, 0.05) is 6.42 Å². The van der Waals surface area contributed by atoms with E-state index in [4.69, 9.17) is 9.84 Å². The molecule has 1 aliphatic heterocycles. The van der Waals surface area contributed by atoms with Gasteiger partial charge in [-0.05, 0) is 0 Å². The maximum atomic E-state index is 11.0. The molecule has 0 aromatic carbocycles. The molecule has 4 N–H and O–H groups in total. The minimum absolute atomic E-state index is 0.104. The van der Waals surface area contributed by atoms with Gasteiger partial charge >= 0.3 is 0 Å². The van der Waals surface area contributed by atoms with Crippen molar-refractivity contribution < 1.29 is 24.9 Å². The van der Waals surface area contributed by atoms with Crippen molar-refractivity contribution in [3.05, 3.63) is 0 Å². The monoisotopic (exact) mass is 205 g/mol. The van der Waals surface area contributed by atoms with Gasteiger partial charge in [-0.3, -0.25) is 4.79 Å². The summed E-state index contributed by atoms with van der Waals surface area (Å²) in [6.07, 6.45) is -4.37. The van der Waals surface area contributed by atoms with Gasteiger partial charge in [0.1, 0.15) is 18.3 Å². The number of aliphatic hydroxyl groups is 3. The molecule has 1 amide bonds. The van der Waals surface area contributed by atoms with Gasteiger partial charge in [-0.25, -0.2) is 0 Å². The molecule has 0 saturated carbocycles. The zero-order valence-electron chi connectivity index (χ0n) is 7.88. The van der Waals surface area contributed by atoms with Crippen molar-refractivity contribution in [2.45, 2.75) is 37.9 Å². The predicted molar refractivity (Wildman–Crippen MR) is 46.2 cm³/mol. The lowest BCUT2D eigenvalue weighted by Gasteiger charge is -2.35. The molecule has 0 aliphatic carbocycles. The molecule has 14 heavy (non-hydrogen) atoms. The van der Waals surface area contributed by atoms with Crippen LogP contribution in [0.1, 0.15) is 13.3 Å². The number of carbonyl (C=O) groups is 1. The number of ether oxygens (including phenoxy) is 1. The fourth-order valence-electron chi connectivity index (χ4n) is 1.19. The van der Waals surface area contributed by atoms with Crippen LogP contribution in [0.5, 0.6) is 0 Å². The molecule has 1 fully saturated rings. The Kier molecular flexibility index (Phi) is 3.82. The van der Waals surface area contributed by atoms with Crippen molar-refractivity contribution in [1.29, 1.82) is 0 Å². The smallest absolute Gasteiger partial charge is 0.221 e. The van der Waals surface area contributed by atoms with Crippen LogP contribution in [0.25, 0.3) is 0 Å². The molecule has 4 atom stereocenters. The summed E-state index contributed by atoms with van der Waals surface area (Å²) in [7, 11) is 0. The highest BCUT2D eigenvalue weighted by Crippen LogP contribution is 2.13. The van der Waals surface area contributed by atoms with Crippen LogP contribution in [0, 0.1) is 0 Å². The number of hydrogen-bond donors (Lipinski definition) is 4. The maximum absolute atomic E-state index is 11.0. The van der Waals surface area contributed by atoms with Crippen molar-refractivity contribution in [3.8, 4) is 0 Å². The van der Waals surface area contributed by atoms with Gasteiger partial charge < -0.3 is 25.4 Å². The highest BCUT2D eigenvalue weighted by Gasteiger charge is 2.37. The second-order valence-corrected chi connectivity index (χ2v) is 3.22. The number of amides is 1. The summed E-state index contributed by atoms with van der Waals surface area (Å²) in [5.74, 6) is -0.280. The molecule has 0 bridgehead atoms. The van der Waals surface area contributed by atoms with Crippen LogP contribution >= 0.6 is 0 Å². The first kappa shape index (κ1) is 11.4. The molecule has 6 nitrogen and oxygen atoms in total. The van der Waals surface area contributed by atoms with E-state index in [0.717, 1.165) is 0 Å². The zero-order chi connectivity index (χ0) is 10.7. The standard InChI is InChI=1S/C8H15NO5/c1-2-5(11)9-8-7(13)6(12)4(10)3-14-8/h4,6-8,10,12-13H,2-3H2,1H3,(H,9,11)/t4-,6+,7+,8?/m1/s1. The molecule has 1 unspecified atom stereocenters. The molecule has 1 heterocycles. The zero-order valence-corrected chi connectivity index (χ0v) is 7.88. The number of carbonyl (C=O) groups excluding carboxylic acids is 1. The summed E-state index contributed by atoms with van der Waals surface area (Å²) in [5.41, 5.74) is 0. The van der Waals surface area contributed by atoms with Gasteiger partial charge in [0.2, 0.25) is 5.91 Å². The molecule has 1 aliphatic rings. The van der Waals surface area contributed by atoms with E-state index < -0.39 is 24.5 Å². The molecule has 0 spiro atoms. The van der Waals surface area contributed by atoms with Gasteiger partial charge in [-0.2, -0.15) is 0 Å². The second kappa shape index (κ2) is 4.70. The van der Waals surface area contributed by atoms with Crippen molar-refractivity contribution >= 4 is 5.91 Å². The number of rotatable bonds is 2. The Labute approximate surface area is 81.5 Å². The van der Waals surface area contributed by atoms with E-state index in [2.05, 4.69) is 5.32 Å². The van der Waals surface area contributed by atoms with Gasteiger partial charge in [0.05, 0.1) is 6.61 Å². The molecule has 1 saturated heterocycles.